The molecule has 2 atom stereocenters. The van der Waals surface area contributed by atoms with E-state index in [2.05, 4.69) is 16.6 Å². The van der Waals surface area contributed by atoms with E-state index >= 15 is 0 Å². The quantitative estimate of drug-likeness (QED) is 0.663. The predicted molar refractivity (Wildman–Crippen MR) is 125 cm³/mol. The second-order valence-electron chi connectivity index (χ2n) is 9.77. The SMILES string of the molecule is C[C@@H]1CN(c2nc(-c3cc(F)ccc3F)ccc2C(=O)NS(=O)(=O)N2CC[C@H](N)C2)C(C)(C)C1. The zero-order valence-electron chi connectivity index (χ0n) is 19.4. The molecule has 0 saturated carbocycles. The highest BCUT2D eigenvalue weighted by molar-refractivity contribution is 7.87. The van der Waals surface area contributed by atoms with Gasteiger partial charge in [0.15, 0.2) is 0 Å². The molecule has 34 heavy (non-hydrogen) atoms. The molecular weight excluding hydrogens is 464 g/mol. The maximum absolute atomic E-state index is 14.5. The third-order valence-electron chi connectivity index (χ3n) is 6.40. The first-order valence-electron chi connectivity index (χ1n) is 11.2. The largest absolute Gasteiger partial charge is 0.351 e. The van der Waals surface area contributed by atoms with Crippen molar-refractivity contribution in [2.24, 2.45) is 11.7 Å². The van der Waals surface area contributed by atoms with Crippen LogP contribution in [0.1, 0.15) is 44.0 Å². The normalized spacial score (nSPS) is 22.8. The maximum Gasteiger partial charge on any atom is 0.304 e. The van der Waals surface area contributed by atoms with E-state index in [0.29, 0.717) is 13.0 Å². The first-order chi connectivity index (χ1) is 15.9. The fraction of sp³-hybridized carbons (Fsp3) is 0.478. The van der Waals surface area contributed by atoms with Gasteiger partial charge in [-0.2, -0.15) is 12.7 Å². The molecule has 3 N–H and O–H groups in total. The lowest BCUT2D eigenvalue weighted by molar-refractivity contribution is 0.0979. The molecular formula is C23H29F2N5O3S. The smallest absolute Gasteiger partial charge is 0.304 e. The average Bonchev–Trinajstić information content (AvgIpc) is 3.31. The Morgan fingerprint density at radius 1 is 1.21 bits per heavy atom. The summed E-state index contributed by atoms with van der Waals surface area (Å²) in [6, 6.07) is 5.59. The van der Waals surface area contributed by atoms with Gasteiger partial charge in [0.1, 0.15) is 17.5 Å². The van der Waals surface area contributed by atoms with E-state index in [1.807, 2.05) is 18.7 Å². The van der Waals surface area contributed by atoms with E-state index in [1.165, 1.54) is 12.1 Å². The molecule has 0 radical (unpaired) electrons. The number of anilines is 1. The number of aromatic nitrogens is 1. The Morgan fingerprint density at radius 2 is 1.94 bits per heavy atom. The summed E-state index contributed by atoms with van der Waals surface area (Å²) in [5, 5.41) is 0. The molecule has 2 fully saturated rings. The lowest BCUT2D eigenvalue weighted by Gasteiger charge is -2.34. The molecule has 1 aromatic heterocycles. The molecule has 1 aromatic carbocycles. The molecule has 2 aromatic rings. The van der Waals surface area contributed by atoms with Gasteiger partial charge in [-0.05, 0) is 62.9 Å². The molecule has 2 aliphatic rings. The van der Waals surface area contributed by atoms with E-state index in [1.54, 1.807) is 0 Å². The van der Waals surface area contributed by atoms with Crippen LogP contribution in [0.15, 0.2) is 30.3 Å². The average molecular weight is 494 g/mol. The fourth-order valence-corrected chi connectivity index (χ4v) is 6.05. The number of nitrogens with one attached hydrogen (secondary N) is 1. The highest BCUT2D eigenvalue weighted by Crippen LogP contribution is 2.38. The number of nitrogens with two attached hydrogens (primary N) is 1. The van der Waals surface area contributed by atoms with Crippen LogP contribution in [0.4, 0.5) is 14.6 Å². The van der Waals surface area contributed by atoms with Gasteiger partial charge in [0.2, 0.25) is 0 Å². The summed E-state index contributed by atoms with van der Waals surface area (Å²) in [5.74, 6) is -1.60. The minimum atomic E-state index is -4.10. The lowest BCUT2D eigenvalue weighted by Crippen LogP contribution is -2.44. The van der Waals surface area contributed by atoms with Gasteiger partial charge >= 0.3 is 10.2 Å². The van der Waals surface area contributed by atoms with Gasteiger partial charge in [0, 0.05) is 36.8 Å². The molecule has 184 valence electrons. The lowest BCUT2D eigenvalue weighted by atomic mass is 9.97. The molecule has 3 heterocycles. The Balaban J connectivity index is 1.76. The van der Waals surface area contributed by atoms with Crippen LogP contribution < -0.4 is 15.4 Å². The zero-order valence-corrected chi connectivity index (χ0v) is 20.2. The number of carbonyl (C=O) groups is 1. The highest BCUT2D eigenvalue weighted by Gasteiger charge is 2.40. The number of pyridine rings is 1. The van der Waals surface area contributed by atoms with Crippen LogP contribution in [0.2, 0.25) is 0 Å². The number of benzene rings is 1. The van der Waals surface area contributed by atoms with Gasteiger partial charge in [0.25, 0.3) is 5.91 Å². The van der Waals surface area contributed by atoms with Gasteiger partial charge in [0.05, 0.1) is 11.3 Å². The van der Waals surface area contributed by atoms with Crippen LogP contribution in [0, 0.1) is 17.6 Å². The van der Waals surface area contributed by atoms with Crippen LogP contribution in [0.25, 0.3) is 11.3 Å². The summed E-state index contributed by atoms with van der Waals surface area (Å²) in [6.45, 7) is 6.99. The summed E-state index contributed by atoms with van der Waals surface area (Å²) in [5.41, 5.74) is 5.57. The van der Waals surface area contributed by atoms with Crippen molar-refractivity contribution in [1.29, 1.82) is 0 Å². The minimum absolute atomic E-state index is 0.0369. The molecule has 8 nitrogen and oxygen atoms in total. The number of carbonyl (C=O) groups excluding carboxylic acids is 1. The Bertz CT molecular complexity index is 1220. The Hall–Kier alpha value is -2.63. The summed E-state index contributed by atoms with van der Waals surface area (Å²) < 4.78 is 57.1. The van der Waals surface area contributed by atoms with Crippen molar-refractivity contribution in [3.8, 4) is 11.3 Å². The zero-order chi connectivity index (χ0) is 24.8. The number of amides is 1. The van der Waals surface area contributed by atoms with Crippen LogP contribution in [-0.2, 0) is 10.2 Å². The second kappa shape index (κ2) is 8.86. The van der Waals surface area contributed by atoms with Crippen LogP contribution in [-0.4, -0.2) is 54.8 Å². The standard InChI is InChI=1S/C23H29F2N5O3S/c1-14-11-23(2,3)30(12-14)21-17(22(31)28-34(32,33)29-9-8-16(26)13-29)5-7-20(27-21)18-10-15(24)4-6-19(18)25/h4-7,10,14,16H,8-9,11-13,26H2,1-3H3,(H,28,31)/t14-,16-/m0/s1. The van der Waals surface area contributed by atoms with Gasteiger partial charge in [-0.25, -0.2) is 18.5 Å². The van der Waals surface area contributed by atoms with Gasteiger partial charge in [-0.15, -0.1) is 0 Å². The number of hydrogen-bond acceptors (Lipinski definition) is 6. The van der Waals surface area contributed by atoms with Crippen molar-refractivity contribution >= 4 is 21.9 Å². The molecule has 0 spiro atoms. The Labute approximate surface area is 198 Å². The van der Waals surface area contributed by atoms with E-state index in [-0.39, 0.29) is 53.2 Å². The van der Waals surface area contributed by atoms with Crippen molar-refractivity contribution in [3.63, 3.8) is 0 Å². The van der Waals surface area contributed by atoms with Crippen molar-refractivity contribution in [2.75, 3.05) is 24.5 Å². The van der Waals surface area contributed by atoms with Crippen molar-refractivity contribution in [2.45, 2.75) is 45.2 Å². The van der Waals surface area contributed by atoms with E-state index in [0.717, 1.165) is 28.9 Å². The molecule has 1 amide bonds. The number of rotatable bonds is 5. The molecule has 2 aliphatic heterocycles. The Kier molecular flexibility index (Phi) is 6.38. The highest BCUT2D eigenvalue weighted by atomic mass is 32.2. The molecule has 0 unspecified atom stereocenters. The summed E-state index contributed by atoms with van der Waals surface area (Å²) in [7, 11) is -4.10. The summed E-state index contributed by atoms with van der Waals surface area (Å²) in [6.07, 6.45) is 1.33. The first-order valence-corrected chi connectivity index (χ1v) is 12.6. The summed E-state index contributed by atoms with van der Waals surface area (Å²) in [4.78, 5) is 19.7. The molecule has 4 rings (SSSR count). The van der Waals surface area contributed by atoms with Crippen molar-refractivity contribution < 1.29 is 22.0 Å². The maximum atomic E-state index is 14.5. The first kappa shape index (κ1) is 24.5. The van der Waals surface area contributed by atoms with Crippen molar-refractivity contribution in [3.05, 3.63) is 47.5 Å². The van der Waals surface area contributed by atoms with Gasteiger partial charge < -0.3 is 10.6 Å². The van der Waals surface area contributed by atoms with E-state index in [9.17, 15) is 22.0 Å². The number of nitrogens with zero attached hydrogens (tertiary/aromatic N) is 3. The number of halogens is 2. The van der Waals surface area contributed by atoms with Crippen LogP contribution in [0.3, 0.4) is 0 Å². The molecule has 0 bridgehead atoms. The van der Waals surface area contributed by atoms with Crippen LogP contribution >= 0.6 is 0 Å². The van der Waals surface area contributed by atoms with E-state index < -0.39 is 27.8 Å². The number of hydrogen-bond donors (Lipinski definition) is 2. The Morgan fingerprint density at radius 3 is 2.56 bits per heavy atom. The second-order valence-corrected chi connectivity index (χ2v) is 11.4. The molecule has 0 aliphatic carbocycles. The monoisotopic (exact) mass is 493 g/mol. The topological polar surface area (TPSA) is 109 Å². The third-order valence-corrected chi connectivity index (χ3v) is 7.86. The van der Waals surface area contributed by atoms with Gasteiger partial charge in [-0.1, -0.05) is 6.92 Å². The molecule has 11 heteroatoms. The fourth-order valence-electron chi connectivity index (χ4n) is 4.84. The summed E-state index contributed by atoms with van der Waals surface area (Å²) >= 11 is 0. The van der Waals surface area contributed by atoms with Gasteiger partial charge in [-0.3, -0.25) is 4.79 Å². The molecule has 2 saturated heterocycles. The predicted octanol–water partition coefficient (Wildman–Crippen LogP) is 2.66. The third kappa shape index (κ3) is 4.77. The van der Waals surface area contributed by atoms with Crippen LogP contribution in [0.5, 0.6) is 0 Å². The van der Waals surface area contributed by atoms with E-state index in [4.69, 9.17) is 5.73 Å². The van der Waals surface area contributed by atoms with Crippen molar-refractivity contribution in [1.82, 2.24) is 14.0 Å². The minimum Gasteiger partial charge on any atom is -0.351 e.